The fraction of sp³-hybridized carbons (Fsp3) is 0.158. The Morgan fingerprint density at radius 2 is 1.61 bits per heavy atom. The Kier molecular flexibility index (Phi) is 7.13. The first-order valence-electron chi connectivity index (χ1n) is 8.90. The normalized spacial score (nSPS) is 13.5. The molecule has 1 heterocycles. The maximum atomic E-state index is 12.8. The Balaban J connectivity index is 1.70. The molecule has 33 heavy (non-hydrogen) atoms. The maximum Gasteiger partial charge on any atom is 0.329 e. The number of carbonyl (C=O) groups excluding carboxylic acids is 4. The number of fused-ring (bicyclic) bond motifs is 1. The standard InChI is InChI=1S/C19H11Cl4N3O7/c1-7(19(30)33-6-10(27)24-8-3-2-4-9(5-8)26(31)32)25-17(28)11-12(18(25)29)14(21)16(23)15(22)13(11)20/h2-5,7H,6H2,1H3,(H,24,27)/t7-/m1/s1. The molecule has 0 saturated carbocycles. The summed E-state index contributed by atoms with van der Waals surface area (Å²) in [5.74, 6) is -3.76. The minimum Gasteiger partial charge on any atom is -0.454 e. The molecule has 0 radical (unpaired) electrons. The number of anilines is 1. The molecule has 14 heteroatoms. The molecule has 0 spiro atoms. The SMILES string of the molecule is C[C@H](C(=O)OCC(=O)Nc1cccc([N+](=O)[O-])c1)N1C(=O)c2c(Cl)c(Cl)c(Cl)c(Cl)c2C1=O. The molecular weight excluding hydrogens is 524 g/mol. The lowest BCUT2D eigenvalue weighted by Gasteiger charge is -2.20. The second-order valence-corrected chi connectivity index (χ2v) is 8.14. The van der Waals surface area contributed by atoms with Gasteiger partial charge in [0.15, 0.2) is 6.61 Å². The van der Waals surface area contributed by atoms with Crippen LogP contribution in [0.4, 0.5) is 11.4 Å². The van der Waals surface area contributed by atoms with Crippen LogP contribution in [0.3, 0.4) is 0 Å². The molecule has 0 aromatic heterocycles. The molecule has 0 fully saturated rings. The van der Waals surface area contributed by atoms with E-state index < -0.39 is 41.3 Å². The Hall–Kier alpha value is -2.92. The predicted molar refractivity (Wildman–Crippen MR) is 119 cm³/mol. The van der Waals surface area contributed by atoms with Crippen LogP contribution < -0.4 is 5.32 Å². The van der Waals surface area contributed by atoms with Crippen molar-refractivity contribution in [2.75, 3.05) is 11.9 Å². The molecular formula is C19H11Cl4N3O7. The van der Waals surface area contributed by atoms with Gasteiger partial charge in [0.25, 0.3) is 23.4 Å². The number of hydrogen-bond donors (Lipinski definition) is 1. The Morgan fingerprint density at radius 3 is 2.12 bits per heavy atom. The number of nitrogens with one attached hydrogen (secondary N) is 1. The van der Waals surface area contributed by atoms with Gasteiger partial charge in [0.05, 0.1) is 36.1 Å². The zero-order chi connectivity index (χ0) is 24.6. The number of carbonyl (C=O) groups is 4. The zero-order valence-electron chi connectivity index (χ0n) is 16.4. The van der Waals surface area contributed by atoms with Crippen molar-refractivity contribution in [2.45, 2.75) is 13.0 Å². The average Bonchev–Trinajstić information content (AvgIpc) is 3.04. The van der Waals surface area contributed by atoms with E-state index in [2.05, 4.69) is 5.32 Å². The summed E-state index contributed by atoms with van der Waals surface area (Å²) < 4.78 is 4.88. The second-order valence-electron chi connectivity index (χ2n) is 6.63. The van der Waals surface area contributed by atoms with Gasteiger partial charge in [-0.25, -0.2) is 4.79 Å². The summed E-state index contributed by atoms with van der Waals surface area (Å²) in [6.07, 6.45) is 0. The lowest BCUT2D eigenvalue weighted by molar-refractivity contribution is -0.384. The first kappa shape index (κ1) is 24.7. The van der Waals surface area contributed by atoms with E-state index in [1.807, 2.05) is 0 Å². The molecule has 0 aliphatic carbocycles. The summed E-state index contributed by atoms with van der Waals surface area (Å²) in [5.41, 5.74) is -0.744. The van der Waals surface area contributed by atoms with Crippen molar-refractivity contribution >= 4 is 81.5 Å². The van der Waals surface area contributed by atoms with Gasteiger partial charge in [-0.1, -0.05) is 52.5 Å². The van der Waals surface area contributed by atoms with Crippen LogP contribution in [0.2, 0.25) is 20.1 Å². The number of imide groups is 1. The largest absolute Gasteiger partial charge is 0.454 e. The van der Waals surface area contributed by atoms with Gasteiger partial charge in [0, 0.05) is 17.8 Å². The number of nitro groups is 1. The molecule has 3 rings (SSSR count). The van der Waals surface area contributed by atoms with E-state index in [9.17, 15) is 29.3 Å². The summed E-state index contributed by atoms with van der Waals surface area (Å²) in [4.78, 5) is 60.7. The monoisotopic (exact) mass is 533 g/mol. The molecule has 2 aromatic carbocycles. The van der Waals surface area contributed by atoms with Crippen LogP contribution in [-0.2, 0) is 14.3 Å². The third-order valence-electron chi connectivity index (χ3n) is 4.55. The van der Waals surface area contributed by atoms with Crippen molar-refractivity contribution in [3.8, 4) is 0 Å². The van der Waals surface area contributed by atoms with Gasteiger partial charge in [-0.15, -0.1) is 0 Å². The van der Waals surface area contributed by atoms with Crippen molar-refractivity contribution in [1.82, 2.24) is 4.90 Å². The zero-order valence-corrected chi connectivity index (χ0v) is 19.4. The molecule has 3 amide bonds. The van der Waals surface area contributed by atoms with E-state index in [1.54, 1.807) is 0 Å². The fourth-order valence-electron chi connectivity index (χ4n) is 2.98. The third-order valence-corrected chi connectivity index (χ3v) is 6.35. The molecule has 0 unspecified atom stereocenters. The summed E-state index contributed by atoms with van der Waals surface area (Å²) in [6, 6.07) is 3.66. The number of hydrogen-bond acceptors (Lipinski definition) is 7. The lowest BCUT2D eigenvalue weighted by Crippen LogP contribution is -2.44. The van der Waals surface area contributed by atoms with Gasteiger partial charge in [-0.3, -0.25) is 29.4 Å². The minimum absolute atomic E-state index is 0.108. The van der Waals surface area contributed by atoms with Gasteiger partial charge in [0.2, 0.25) is 0 Å². The van der Waals surface area contributed by atoms with E-state index in [1.165, 1.54) is 25.1 Å². The highest BCUT2D eigenvalue weighted by Crippen LogP contribution is 2.45. The van der Waals surface area contributed by atoms with Crippen molar-refractivity contribution in [3.05, 3.63) is 65.6 Å². The molecule has 172 valence electrons. The highest BCUT2D eigenvalue weighted by Gasteiger charge is 2.45. The smallest absolute Gasteiger partial charge is 0.329 e. The first-order chi connectivity index (χ1) is 15.5. The van der Waals surface area contributed by atoms with E-state index in [0.29, 0.717) is 4.90 Å². The molecule has 1 aliphatic rings. The Bertz CT molecular complexity index is 1190. The van der Waals surface area contributed by atoms with Crippen molar-refractivity contribution in [3.63, 3.8) is 0 Å². The third kappa shape index (κ3) is 4.60. The number of amides is 3. The van der Waals surface area contributed by atoms with Gasteiger partial charge >= 0.3 is 5.97 Å². The number of non-ortho nitro benzene ring substituents is 1. The van der Waals surface area contributed by atoms with Crippen molar-refractivity contribution in [1.29, 1.82) is 0 Å². The number of rotatable bonds is 6. The summed E-state index contributed by atoms with van der Waals surface area (Å²) >= 11 is 24.0. The maximum absolute atomic E-state index is 12.8. The quantitative estimate of drug-likeness (QED) is 0.145. The number of nitro benzene ring substituents is 1. The number of ether oxygens (including phenoxy) is 1. The molecule has 1 N–H and O–H groups in total. The van der Waals surface area contributed by atoms with Crippen LogP contribution in [0.1, 0.15) is 27.6 Å². The molecule has 0 saturated heterocycles. The summed E-state index contributed by atoms with van der Waals surface area (Å²) in [5, 5.41) is 12.1. The molecule has 2 aromatic rings. The summed E-state index contributed by atoms with van der Waals surface area (Å²) in [6.45, 7) is 0.418. The molecule has 10 nitrogen and oxygen atoms in total. The van der Waals surface area contributed by atoms with Crippen LogP contribution in [-0.4, -0.2) is 46.2 Å². The van der Waals surface area contributed by atoms with Gasteiger partial charge in [-0.2, -0.15) is 0 Å². The van der Waals surface area contributed by atoms with Gasteiger partial charge < -0.3 is 10.1 Å². The first-order valence-corrected chi connectivity index (χ1v) is 10.4. The lowest BCUT2D eigenvalue weighted by atomic mass is 10.1. The topological polar surface area (TPSA) is 136 Å². The Morgan fingerprint density at radius 1 is 1.06 bits per heavy atom. The van der Waals surface area contributed by atoms with E-state index in [0.717, 1.165) is 6.07 Å². The fourth-order valence-corrected chi connectivity index (χ4v) is 3.99. The van der Waals surface area contributed by atoms with Crippen LogP contribution >= 0.6 is 46.4 Å². The van der Waals surface area contributed by atoms with Gasteiger partial charge in [-0.05, 0) is 13.0 Å². The second kappa shape index (κ2) is 9.52. The predicted octanol–water partition coefficient (Wildman–Crippen LogP) is 4.37. The number of halogens is 4. The molecule has 1 atom stereocenters. The number of esters is 1. The summed E-state index contributed by atoms with van der Waals surface area (Å²) in [7, 11) is 0. The minimum atomic E-state index is -1.45. The Labute approximate surface area is 205 Å². The van der Waals surface area contributed by atoms with Crippen LogP contribution in [0.25, 0.3) is 0 Å². The van der Waals surface area contributed by atoms with Crippen molar-refractivity contribution < 1.29 is 28.8 Å². The average molecular weight is 535 g/mol. The van der Waals surface area contributed by atoms with E-state index >= 15 is 0 Å². The molecule has 0 bridgehead atoms. The van der Waals surface area contributed by atoms with E-state index in [-0.39, 0.29) is 42.6 Å². The number of nitrogens with zero attached hydrogens (tertiary/aromatic N) is 2. The van der Waals surface area contributed by atoms with Crippen LogP contribution in [0.5, 0.6) is 0 Å². The highest BCUT2D eigenvalue weighted by atomic mass is 35.5. The van der Waals surface area contributed by atoms with Crippen LogP contribution in [0.15, 0.2) is 24.3 Å². The van der Waals surface area contributed by atoms with E-state index in [4.69, 9.17) is 51.1 Å². The number of benzene rings is 2. The van der Waals surface area contributed by atoms with Gasteiger partial charge in [0.1, 0.15) is 6.04 Å². The highest BCUT2D eigenvalue weighted by molar-refractivity contribution is 6.55. The van der Waals surface area contributed by atoms with Crippen LogP contribution in [0, 0.1) is 10.1 Å². The molecule has 1 aliphatic heterocycles. The van der Waals surface area contributed by atoms with Crippen molar-refractivity contribution in [2.24, 2.45) is 0 Å².